The van der Waals surface area contributed by atoms with Gasteiger partial charge in [-0.1, -0.05) is 0 Å². The van der Waals surface area contributed by atoms with Gasteiger partial charge in [0.05, 0.1) is 4.92 Å². The van der Waals surface area contributed by atoms with Crippen LogP contribution in [0, 0.1) is 10.1 Å². The third kappa shape index (κ3) is 2.87. The minimum absolute atomic E-state index is 0.0709. The second kappa shape index (κ2) is 5.08. The van der Waals surface area contributed by atoms with Crippen molar-refractivity contribution in [3.8, 4) is 0 Å². The first-order valence-electron chi connectivity index (χ1n) is 5.36. The molecule has 0 radical (unpaired) electrons. The number of amides is 1. The third-order valence-corrected chi connectivity index (χ3v) is 2.79. The number of hydrogen-bond acceptors (Lipinski definition) is 4. The molecule has 0 spiro atoms. The van der Waals surface area contributed by atoms with Gasteiger partial charge in [-0.3, -0.25) is 14.9 Å². The summed E-state index contributed by atoms with van der Waals surface area (Å²) >= 11 is 0. The van der Waals surface area contributed by atoms with E-state index in [-0.39, 0.29) is 11.4 Å². The largest absolute Gasteiger partial charge is 0.415 e. The lowest BCUT2D eigenvalue weighted by atomic mass is 10.0. The standard InChI is InChI=1S/C11H12F3N3O3/c1-10(15,11(12,13)14)9(18)16(2)7-3-5-8(6-4-7)17(19)20/h3-6H,15H2,1-2H3. The number of anilines is 1. The molecule has 1 aromatic rings. The van der Waals surface area contributed by atoms with Gasteiger partial charge in [-0.2, -0.15) is 13.2 Å². The van der Waals surface area contributed by atoms with Crippen LogP contribution in [0.5, 0.6) is 0 Å². The monoisotopic (exact) mass is 291 g/mol. The maximum Gasteiger partial charge on any atom is 0.415 e. The number of rotatable bonds is 3. The fourth-order valence-electron chi connectivity index (χ4n) is 1.38. The number of carbonyl (C=O) groups is 1. The topological polar surface area (TPSA) is 89.5 Å². The van der Waals surface area contributed by atoms with Crippen LogP contribution in [0.4, 0.5) is 24.5 Å². The summed E-state index contributed by atoms with van der Waals surface area (Å²) in [5.41, 5.74) is 1.83. The summed E-state index contributed by atoms with van der Waals surface area (Å²) < 4.78 is 38.0. The average molecular weight is 291 g/mol. The van der Waals surface area contributed by atoms with Gasteiger partial charge in [-0.25, -0.2) is 0 Å². The molecule has 0 bridgehead atoms. The number of nitro groups is 1. The lowest BCUT2D eigenvalue weighted by Crippen LogP contribution is -2.61. The smallest absolute Gasteiger partial charge is 0.314 e. The summed E-state index contributed by atoms with van der Waals surface area (Å²) in [6, 6.07) is 4.51. The second-order valence-corrected chi connectivity index (χ2v) is 4.34. The van der Waals surface area contributed by atoms with Crippen LogP contribution in [0.15, 0.2) is 24.3 Å². The predicted molar refractivity (Wildman–Crippen MR) is 65.2 cm³/mol. The molecule has 1 atom stereocenters. The summed E-state index contributed by atoms with van der Waals surface area (Å²) in [4.78, 5) is 22.3. The highest BCUT2D eigenvalue weighted by atomic mass is 19.4. The Hall–Kier alpha value is -2.16. The molecule has 1 rings (SSSR count). The van der Waals surface area contributed by atoms with Gasteiger partial charge < -0.3 is 10.6 Å². The van der Waals surface area contributed by atoms with Gasteiger partial charge in [0.2, 0.25) is 0 Å². The highest BCUT2D eigenvalue weighted by Crippen LogP contribution is 2.31. The van der Waals surface area contributed by atoms with Crippen LogP contribution in [0.25, 0.3) is 0 Å². The van der Waals surface area contributed by atoms with Crippen LogP contribution in [0.2, 0.25) is 0 Å². The van der Waals surface area contributed by atoms with E-state index in [1.165, 1.54) is 12.1 Å². The third-order valence-electron chi connectivity index (χ3n) is 2.79. The number of nitrogens with zero attached hydrogens (tertiary/aromatic N) is 2. The molecule has 0 saturated carbocycles. The van der Waals surface area contributed by atoms with E-state index < -0.39 is 22.5 Å². The van der Waals surface area contributed by atoms with Crippen molar-refractivity contribution in [1.29, 1.82) is 0 Å². The molecule has 0 saturated heterocycles. The van der Waals surface area contributed by atoms with Crippen molar-refractivity contribution in [2.24, 2.45) is 5.73 Å². The van der Waals surface area contributed by atoms with E-state index in [0.717, 1.165) is 19.2 Å². The van der Waals surface area contributed by atoms with Gasteiger partial charge in [0, 0.05) is 24.9 Å². The molecule has 1 unspecified atom stereocenters. The lowest BCUT2D eigenvalue weighted by Gasteiger charge is -2.30. The van der Waals surface area contributed by atoms with E-state index >= 15 is 0 Å². The van der Waals surface area contributed by atoms with Crippen LogP contribution < -0.4 is 10.6 Å². The summed E-state index contributed by atoms with van der Waals surface area (Å²) in [5.74, 6) is -1.36. The van der Waals surface area contributed by atoms with Crippen molar-refractivity contribution >= 4 is 17.3 Å². The number of alkyl halides is 3. The highest BCUT2D eigenvalue weighted by molar-refractivity contribution is 6.00. The van der Waals surface area contributed by atoms with Crippen LogP contribution in [0.1, 0.15) is 6.92 Å². The van der Waals surface area contributed by atoms with E-state index in [9.17, 15) is 28.1 Å². The molecule has 20 heavy (non-hydrogen) atoms. The molecule has 1 aromatic carbocycles. The first-order valence-corrected chi connectivity index (χ1v) is 5.36. The molecular weight excluding hydrogens is 279 g/mol. The predicted octanol–water partition coefficient (Wildman–Crippen LogP) is 1.84. The van der Waals surface area contributed by atoms with Gasteiger partial charge in [-0.05, 0) is 19.1 Å². The number of nitro benzene ring substituents is 1. The number of likely N-dealkylation sites (N-methyl/N-ethyl adjacent to an activating group) is 1. The maximum atomic E-state index is 12.7. The summed E-state index contributed by atoms with van der Waals surface area (Å²) in [6.07, 6.45) is -4.90. The first-order chi connectivity index (χ1) is 8.98. The van der Waals surface area contributed by atoms with Crippen molar-refractivity contribution in [2.45, 2.75) is 18.6 Å². The zero-order valence-corrected chi connectivity index (χ0v) is 10.6. The van der Waals surface area contributed by atoms with Crippen molar-refractivity contribution in [3.63, 3.8) is 0 Å². The normalized spacial score (nSPS) is 14.5. The number of nitrogens with two attached hydrogens (primary N) is 1. The Bertz CT molecular complexity index is 526. The number of benzene rings is 1. The summed E-state index contributed by atoms with van der Waals surface area (Å²) in [6.45, 7) is 0.567. The fourth-order valence-corrected chi connectivity index (χ4v) is 1.38. The first kappa shape index (κ1) is 15.9. The number of halogens is 3. The molecule has 0 fully saturated rings. The molecule has 2 N–H and O–H groups in total. The SMILES string of the molecule is CN(C(=O)C(C)(N)C(F)(F)F)c1ccc([N+](=O)[O-])cc1. The van der Waals surface area contributed by atoms with Crippen LogP contribution in [0.3, 0.4) is 0 Å². The van der Waals surface area contributed by atoms with Gasteiger partial charge in [0.25, 0.3) is 11.6 Å². The van der Waals surface area contributed by atoms with Crippen LogP contribution >= 0.6 is 0 Å². The van der Waals surface area contributed by atoms with Crippen LogP contribution in [-0.4, -0.2) is 29.6 Å². The zero-order chi connectivity index (χ0) is 15.7. The van der Waals surface area contributed by atoms with Gasteiger partial charge in [0.15, 0.2) is 5.54 Å². The van der Waals surface area contributed by atoms with E-state index in [2.05, 4.69) is 0 Å². The van der Waals surface area contributed by atoms with E-state index in [1.54, 1.807) is 0 Å². The Labute approximate surface area is 112 Å². The van der Waals surface area contributed by atoms with E-state index in [0.29, 0.717) is 11.8 Å². The molecule has 0 aliphatic rings. The Morgan fingerprint density at radius 2 is 1.75 bits per heavy atom. The molecular formula is C11H12F3N3O3. The minimum atomic E-state index is -4.90. The number of hydrogen-bond donors (Lipinski definition) is 1. The highest BCUT2D eigenvalue weighted by Gasteiger charge is 2.55. The maximum absolute atomic E-state index is 12.7. The van der Waals surface area contributed by atoms with Crippen molar-refractivity contribution in [1.82, 2.24) is 0 Å². The van der Waals surface area contributed by atoms with Crippen molar-refractivity contribution in [2.75, 3.05) is 11.9 Å². The Kier molecular flexibility index (Phi) is 4.04. The Morgan fingerprint density at radius 1 is 1.30 bits per heavy atom. The minimum Gasteiger partial charge on any atom is -0.314 e. The average Bonchev–Trinajstić information content (AvgIpc) is 2.35. The molecule has 0 heterocycles. The molecule has 1 amide bonds. The quantitative estimate of drug-likeness (QED) is 0.679. The zero-order valence-electron chi connectivity index (χ0n) is 10.6. The number of non-ortho nitro benzene ring substituents is 1. The summed E-state index contributed by atoms with van der Waals surface area (Å²) in [7, 11) is 1.11. The van der Waals surface area contributed by atoms with Crippen molar-refractivity contribution in [3.05, 3.63) is 34.4 Å². The van der Waals surface area contributed by atoms with E-state index in [4.69, 9.17) is 5.73 Å². The van der Waals surface area contributed by atoms with Crippen molar-refractivity contribution < 1.29 is 22.9 Å². The second-order valence-electron chi connectivity index (χ2n) is 4.34. The molecule has 6 nitrogen and oxygen atoms in total. The fraction of sp³-hybridized carbons (Fsp3) is 0.364. The number of carbonyl (C=O) groups excluding carboxylic acids is 1. The molecule has 0 aliphatic carbocycles. The molecule has 0 aliphatic heterocycles. The van der Waals surface area contributed by atoms with Gasteiger partial charge in [-0.15, -0.1) is 0 Å². The molecule has 110 valence electrons. The van der Waals surface area contributed by atoms with Crippen LogP contribution in [-0.2, 0) is 4.79 Å². The lowest BCUT2D eigenvalue weighted by molar-refractivity contribution is -0.384. The van der Waals surface area contributed by atoms with Gasteiger partial charge in [0.1, 0.15) is 0 Å². The Morgan fingerprint density at radius 3 is 2.10 bits per heavy atom. The Balaban J connectivity index is 3.03. The molecule has 0 aromatic heterocycles. The molecule has 9 heteroatoms. The summed E-state index contributed by atoms with van der Waals surface area (Å²) in [5, 5.41) is 10.5. The van der Waals surface area contributed by atoms with Gasteiger partial charge >= 0.3 is 6.18 Å². The van der Waals surface area contributed by atoms with E-state index in [1.807, 2.05) is 0 Å².